The molecule has 0 aromatic heterocycles. The van der Waals surface area contributed by atoms with Gasteiger partial charge in [0.2, 0.25) is 5.91 Å². The quantitative estimate of drug-likeness (QED) is 0.306. The predicted molar refractivity (Wildman–Crippen MR) is 55.0 cm³/mol. The smallest absolute Gasteiger partial charge is 0.222 e. The summed E-state index contributed by atoms with van der Waals surface area (Å²) >= 11 is 3.95. The van der Waals surface area contributed by atoms with Crippen LogP contribution in [0.2, 0.25) is 0 Å². The van der Waals surface area contributed by atoms with E-state index in [9.17, 15) is 4.79 Å². The number of thiol groups is 1. The van der Waals surface area contributed by atoms with Crippen molar-refractivity contribution in [2.24, 2.45) is 0 Å². The molecule has 70 valence electrons. The van der Waals surface area contributed by atoms with Gasteiger partial charge in [0.15, 0.2) is 0 Å². The minimum Gasteiger partial charge on any atom is -0.343 e. The summed E-state index contributed by atoms with van der Waals surface area (Å²) in [5.74, 6) is 0.313. The number of nitrogens with one attached hydrogen (secondary N) is 1. The second kappa shape index (κ2) is 5.72. The highest BCUT2D eigenvalue weighted by Gasteiger charge is 2.18. The number of rotatable bonds is 5. The van der Waals surface area contributed by atoms with E-state index in [1.165, 1.54) is 11.0 Å². The van der Waals surface area contributed by atoms with Gasteiger partial charge in [-0.1, -0.05) is 11.7 Å². The van der Waals surface area contributed by atoms with E-state index >= 15 is 0 Å². The Kier molecular flexibility index (Phi) is 4.87. The molecule has 0 saturated carbocycles. The maximum absolute atomic E-state index is 11.1. The van der Waals surface area contributed by atoms with E-state index in [4.69, 9.17) is 0 Å². The van der Waals surface area contributed by atoms with E-state index in [0.717, 1.165) is 38.9 Å². The zero-order valence-electron chi connectivity index (χ0n) is 6.95. The second-order valence-corrected chi connectivity index (χ2v) is 3.84. The Morgan fingerprint density at radius 3 is 3.08 bits per heavy atom. The average molecular weight is 206 g/mol. The van der Waals surface area contributed by atoms with E-state index in [-0.39, 0.29) is 0 Å². The van der Waals surface area contributed by atoms with Gasteiger partial charge in [0.25, 0.3) is 0 Å². The highest BCUT2D eigenvalue weighted by atomic mass is 33.1. The largest absolute Gasteiger partial charge is 0.343 e. The van der Waals surface area contributed by atoms with Gasteiger partial charge in [0.1, 0.15) is 0 Å². The Balaban J connectivity index is 2.02. The van der Waals surface area contributed by atoms with Gasteiger partial charge in [-0.2, -0.15) is 0 Å². The van der Waals surface area contributed by atoms with Crippen molar-refractivity contribution in [2.75, 3.05) is 19.6 Å². The summed E-state index contributed by atoms with van der Waals surface area (Å²) in [6.45, 7) is 2.75. The van der Waals surface area contributed by atoms with Crippen molar-refractivity contribution in [3.63, 3.8) is 0 Å². The first-order chi connectivity index (χ1) is 5.84. The Morgan fingerprint density at radius 1 is 1.67 bits per heavy atom. The molecule has 1 aliphatic heterocycles. The van der Waals surface area contributed by atoms with Crippen LogP contribution in [0.5, 0.6) is 0 Å². The average Bonchev–Trinajstić information content (AvgIpc) is 2.46. The molecule has 1 fully saturated rings. The number of nitrogens with zero attached hydrogens (tertiary/aromatic N) is 1. The Morgan fingerprint density at radius 2 is 2.50 bits per heavy atom. The second-order valence-electron chi connectivity index (χ2n) is 2.82. The third-order valence-electron chi connectivity index (χ3n) is 1.94. The van der Waals surface area contributed by atoms with Crippen molar-refractivity contribution in [1.29, 1.82) is 0 Å². The summed E-state index contributed by atoms with van der Waals surface area (Å²) < 4.78 is 3.03. The molecule has 0 bridgehead atoms. The highest BCUT2D eigenvalue weighted by molar-refractivity contribution is 8.67. The van der Waals surface area contributed by atoms with Gasteiger partial charge in [-0.3, -0.25) is 9.52 Å². The molecule has 3 nitrogen and oxygen atoms in total. The summed E-state index contributed by atoms with van der Waals surface area (Å²) in [5, 5.41) is 0. The lowest BCUT2D eigenvalue weighted by atomic mass is 10.4. The minimum atomic E-state index is 0.313. The van der Waals surface area contributed by atoms with Gasteiger partial charge in [0.05, 0.1) is 0 Å². The van der Waals surface area contributed by atoms with Crippen LogP contribution in [0, 0.1) is 0 Å². The molecule has 1 heterocycles. The number of amides is 1. The molecule has 1 saturated heterocycles. The first kappa shape index (κ1) is 10.2. The Bertz CT molecular complexity index is 154. The van der Waals surface area contributed by atoms with Gasteiger partial charge in [-0.05, 0) is 23.8 Å². The van der Waals surface area contributed by atoms with Crippen molar-refractivity contribution < 1.29 is 4.79 Å². The molecule has 12 heavy (non-hydrogen) atoms. The molecule has 0 aromatic rings. The van der Waals surface area contributed by atoms with Crippen LogP contribution in [-0.2, 0) is 4.79 Å². The number of hydrogen-bond donors (Lipinski definition) is 2. The van der Waals surface area contributed by atoms with Crippen LogP contribution >= 0.6 is 22.6 Å². The van der Waals surface area contributed by atoms with Gasteiger partial charge < -0.3 is 4.90 Å². The van der Waals surface area contributed by atoms with Gasteiger partial charge in [-0.25, -0.2) is 0 Å². The first-order valence-electron chi connectivity index (χ1n) is 4.15. The lowest BCUT2D eigenvalue weighted by Crippen LogP contribution is -2.27. The van der Waals surface area contributed by atoms with Crippen LogP contribution in [0.25, 0.3) is 0 Å². The fourth-order valence-corrected chi connectivity index (χ4v) is 1.84. The zero-order chi connectivity index (χ0) is 8.81. The van der Waals surface area contributed by atoms with E-state index in [1.807, 2.05) is 4.90 Å². The molecule has 1 rings (SSSR count). The van der Waals surface area contributed by atoms with Gasteiger partial charge >= 0.3 is 0 Å². The number of hydrogen-bond acceptors (Lipinski definition) is 4. The van der Waals surface area contributed by atoms with Crippen molar-refractivity contribution in [1.82, 2.24) is 9.62 Å². The topological polar surface area (TPSA) is 32.3 Å². The van der Waals surface area contributed by atoms with Crippen LogP contribution in [0.1, 0.15) is 19.3 Å². The van der Waals surface area contributed by atoms with E-state index in [2.05, 4.69) is 16.4 Å². The van der Waals surface area contributed by atoms with Gasteiger partial charge in [0, 0.05) is 26.1 Å². The molecule has 0 spiro atoms. The fourth-order valence-electron chi connectivity index (χ4n) is 1.33. The van der Waals surface area contributed by atoms with Crippen molar-refractivity contribution in [3.05, 3.63) is 0 Å². The van der Waals surface area contributed by atoms with Crippen molar-refractivity contribution >= 4 is 28.5 Å². The van der Waals surface area contributed by atoms with Crippen molar-refractivity contribution in [3.8, 4) is 0 Å². The monoisotopic (exact) mass is 206 g/mol. The molecule has 0 atom stereocenters. The normalized spacial score (nSPS) is 17.4. The lowest BCUT2D eigenvalue weighted by molar-refractivity contribution is -0.127. The molecular weight excluding hydrogens is 192 g/mol. The van der Waals surface area contributed by atoms with Crippen molar-refractivity contribution in [2.45, 2.75) is 19.3 Å². The Hall–Kier alpha value is 0.130. The molecule has 0 aliphatic carbocycles. The lowest BCUT2D eigenvalue weighted by Gasteiger charge is -2.14. The van der Waals surface area contributed by atoms with Crippen LogP contribution in [0.4, 0.5) is 0 Å². The number of carbonyl (C=O) groups excluding carboxylic acids is 1. The molecule has 5 heteroatoms. The van der Waals surface area contributed by atoms with Crippen LogP contribution in [-0.4, -0.2) is 30.4 Å². The summed E-state index contributed by atoms with van der Waals surface area (Å²) in [6, 6.07) is 0. The number of likely N-dealkylation sites (tertiary alicyclic amines) is 1. The third kappa shape index (κ3) is 3.25. The third-order valence-corrected chi connectivity index (χ3v) is 2.66. The van der Waals surface area contributed by atoms with Crippen LogP contribution < -0.4 is 4.72 Å². The van der Waals surface area contributed by atoms with Gasteiger partial charge in [-0.15, -0.1) is 0 Å². The van der Waals surface area contributed by atoms with Crippen LogP contribution in [0.3, 0.4) is 0 Å². The zero-order valence-corrected chi connectivity index (χ0v) is 8.66. The summed E-state index contributed by atoms with van der Waals surface area (Å²) in [4.78, 5) is 13.1. The summed E-state index contributed by atoms with van der Waals surface area (Å²) in [6.07, 6.45) is 2.79. The fraction of sp³-hybridized carbons (Fsp3) is 0.857. The van der Waals surface area contributed by atoms with Crippen LogP contribution in [0.15, 0.2) is 0 Å². The molecular formula is C7H14N2OS2. The molecule has 0 unspecified atom stereocenters. The number of carbonyl (C=O) groups is 1. The Labute approximate surface area is 82.2 Å². The molecule has 1 amide bonds. The predicted octanol–water partition coefficient (Wildman–Crippen LogP) is 1.08. The maximum Gasteiger partial charge on any atom is 0.222 e. The molecule has 1 N–H and O–H groups in total. The highest BCUT2D eigenvalue weighted by Crippen LogP contribution is 2.09. The maximum atomic E-state index is 11.1. The molecule has 0 radical (unpaired) electrons. The summed E-state index contributed by atoms with van der Waals surface area (Å²) in [5.41, 5.74) is 0. The van der Waals surface area contributed by atoms with E-state index in [0.29, 0.717) is 5.91 Å². The SMILES string of the molecule is O=C1CCCN1CCCNSS. The first-order valence-corrected chi connectivity index (χ1v) is 6.02. The standard InChI is InChI=1S/C7H14N2OS2/c10-7-3-1-5-9(7)6-2-4-8-12-11/h8,11H,1-6H2. The van der Waals surface area contributed by atoms with E-state index in [1.54, 1.807) is 0 Å². The summed E-state index contributed by atoms with van der Waals surface area (Å²) in [7, 11) is 1.33. The molecule has 0 aromatic carbocycles. The minimum absolute atomic E-state index is 0.313. The molecule has 1 aliphatic rings. The van der Waals surface area contributed by atoms with E-state index < -0.39 is 0 Å².